The highest BCUT2D eigenvalue weighted by molar-refractivity contribution is 5.93. The highest BCUT2D eigenvalue weighted by Gasteiger charge is 2.29. The molecular formula is C22H25N3O5. The second kappa shape index (κ2) is 8.61. The quantitative estimate of drug-likeness (QED) is 0.817. The van der Waals surface area contributed by atoms with Gasteiger partial charge in [-0.25, -0.2) is 0 Å². The number of nitrogens with zero attached hydrogens (tertiary/aromatic N) is 2. The smallest absolute Gasteiger partial charge is 0.264 e. The van der Waals surface area contributed by atoms with Gasteiger partial charge < -0.3 is 24.3 Å². The first kappa shape index (κ1) is 20.0. The Kier molecular flexibility index (Phi) is 5.74. The number of para-hydroxylation sites is 2. The second-order valence-electron chi connectivity index (χ2n) is 7.68. The van der Waals surface area contributed by atoms with Crippen molar-refractivity contribution in [3.63, 3.8) is 0 Å². The molecule has 158 valence electrons. The highest BCUT2D eigenvalue weighted by atomic mass is 16.6. The number of aromatic nitrogens is 1. The number of hydrogen-bond donors (Lipinski definition) is 1. The van der Waals surface area contributed by atoms with Crippen LogP contribution in [-0.2, 0) is 11.8 Å². The summed E-state index contributed by atoms with van der Waals surface area (Å²) in [6.45, 7) is 1.83. The molecule has 8 nitrogen and oxygen atoms in total. The summed E-state index contributed by atoms with van der Waals surface area (Å²) >= 11 is 0. The lowest BCUT2D eigenvalue weighted by Crippen LogP contribution is -2.47. The van der Waals surface area contributed by atoms with Crippen molar-refractivity contribution in [2.45, 2.75) is 18.9 Å². The SMILES string of the molecule is Cn1cccc(C(=O)N2CCC(CNC(=O)C3COc4ccccc4O3)CC2)c1=O. The topological polar surface area (TPSA) is 89.9 Å². The molecule has 2 aliphatic rings. The van der Waals surface area contributed by atoms with Crippen molar-refractivity contribution in [1.82, 2.24) is 14.8 Å². The number of aryl methyl sites for hydroxylation is 1. The van der Waals surface area contributed by atoms with Gasteiger partial charge in [0.05, 0.1) is 0 Å². The summed E-state index contributed by atoms with van der Waals surface area (Å²) in [5, 5.41) is 2.94. The fourth-order valence-electron chi connectivity index (χ4n) is 3.78. The number of fused-ring (bicyclic) bond motifs is 1. The first-order chi connectivity index (χ1) is 14.5. The van der Waals surface area contributed by atoms with E-state index in [0.29, 0.717) is 31.1 Å². The van der Waals surface area contributed by atoms with Gasteiger partial charge in [0.2, 0.25) is 6.10 Å². The molecule has 4 rings (SSSR count). The van der Waals surface area contributed by atoms with Gasteiger partial charge in [0.25, 0.3) is 17.4 Å². The normalized spacial score (nSPS) is 18.7. The largest absolute Gasteiger partial charge is 0.485 e. The zero-order valence-electron chi connectivity index (χ0n) is 16.9. The van der Waals surface area contributed by atoms with Crippen molar-refractivity contribution in [2.75, 3.05) is 26.2 Å². The van der Waals surface area contributed by atoms with E-state index in [4.69, 9.17) is 9.47 Å². The van der Waals surface area contributed by atoms with Crippen LogP contribution in [0.1, 0.15) is 23.2 Å². The average molecular weight is 411 g/mol. The third-order valence-electron chi connectivity index (χ3n) is 5.62. The van der Waals surface area contributed by atoms with Crippen LogP contribution in [0.15, 0.2) is 47.4 Å². The Bertz CT molecular complexity index is 994. The molecule has 2 amide bonds. The molecule has 0 bridgehead atoms. The summed E-state index contributed by atoms with van der Waals surface area (Å²) in [6.07, 6.45) is 2.50. The van der Waals surface area contributed by atoms with E-state index in [1.54, 1.807) is 36.3 Å². The van der Waals surface area contributed by atoms with Crippen LogP contribution in [0.3, 0.4) is 0 Å². The molecule has 3 heterocycles. The first-order valence-electron chi connectivity index (χ1n) is 10.1. The summed E-state index contributed by atoms with van der Waals surface area (Å²) in [7, 11) is 1.63. The zero-order valence-corrected chi connectivity index (χ0v) is 16.9. The predicted octanol–water partition coefficient (Wildman–Crippen LogP) is 1.19. The van der Waals surface area contributed by atoms with E-state index in [0.717, 1.165) is 12.8 Å². The maximum atomic E-state index is 12.7. The van der Waals surface area contributed by atoms with Crippen LogP contribution in [0.5, 0.6) is 11.5 Å². The van der Waals surface area contributed by atoms with Crippen LogP contribution in [0.25, 0.3) is 0 Å². The van der Waals surface area contributed by atoms with Gasteiger partial charge in [-0.15, -0.1) is 0 Å². The average Bonchev–Trinajstić information content (AvgIpc) is 2.79. The fourth-order valence-corrected chi connectivity index (χ4v) is 3.78. The molecule has 1 atom stereocenters. The van der Waals surface area contributed by atoms with E-state index < -0.39 is 6.10 Å². The van der Waals surface area contributed by atoms with Crippen LogP contribution >= 0.6 is 0 Å². The third-order valence-corrected chi connectivity index (χ3v) is 5.62. The van der Waals surface area contributed by atoms with Gasteiger partial charge in [-0.1, -0.05) is 12.1 Å². The minimum absolute atomic E-state index is 0.182. The number of carbonyl (C=O) groups is 2. The number of ether oxygens (including phenoxy) is 2. The molecule has 0 radical (unpaired) electrons. The number of carbonyl (C=O) groups excluding carboxylic acids is 2. The van der Waals surface area contributed by atoms with E-state index in [9.17, 15) is 14.4 Å². The van der Waals surface area contributed by atoms with E-state index in [-0.39, 0.29) is 35.5 Å². The Labute approximate surface area is 174 Å². The molecule has 1 aromatic carbocycles. The molecule has 2 aromatic rings. The number of nitrogens with one attached hydrogen (secondary N) is 1. The van der Waals surface area contributed by atoms with Crippen molar-refractivity contribution in [2.24, 2.45) is 13.0 Å². The van der Waals surface area contributed by atoms with Gasteiger partial charge in [0, 0.05) is 32.9 Å². The van der Waals surface area contributed by atoms with Crippen LogP contribution in [0.2, 0.25) is 0 Å². The monoisotopic (exact) mass is 411 g/mol. The molecule has 1 aromatic heterocycles. The number of amides is 2. The number of likely N-dealkylation sites (tertiary alicyclic amines) is 1. The molecular weight excluding hydrogens is 386 g/mol. The van der Waals surface area contributed by atoms with Gasteiger partial charge >= 0.3 is 0 Å². The van der Waals surface area contributed by atoms with Gasteiger partial charge in [-0.3, -0.25) is 14.4 Å². The van der Waals surface area contributed by atoms with Gasteiger partial charge in [-0.2, -0.15) is 0 Å². The second-order valence-corrected chi connectivity index (χ2v) is 7.68. The number of rotatable bonds is 4. The minimum Gasteiger partial charge on any atom is -0.485 e. The van der Waals surface area contributed by atoms with Crippen molar-refractivity contribution >= 4 is 11.8 Å². The lowest BCUT2D eigenvalue weighted by atomic mass is 9.96. The maximum Gasteiger partial charge on any atom is 0.264 e. The van der Waals surface area contributed by atoms with E-state index in [2.05, 4.69) is 5.32 Å². The Balaban J connectivity index is 1.25. The molecule has 0 spiro atoms. The van der Waals surface area contributed by atoms with Crippen LogP contribution in [0, 0.1) is 5.92 Å². The van der Waals surface area contributed by atoms with Gasteiger partial charge in [0.15, 0.2) is 11.5 Å². The van der Waals surface area contributed by atoms with E-state index in [1.807, 2.05) is 18.2 Å². The van der Waals surface area contributed by atoms with Crippen LogP contribution in [-0.4, -0.2) is 53.6 Å². The van der Waals surface area contributed by atoms with Crippen LogP contribution < -0.4 is 20.3 Å². The van der Waals surface area contributed by atoms with Crippen LogP contribution in [0.4, 0.5) is 0 Å². The summed E-state index contributed by atoms with van der Waals surface area (Å²) in [5.74, 6) is 1.06. The first-order valence-corrected chi connectivity index (χ1v) is 10.1. The number of piperidine rings is 1. The highest BCUT2D eigenvalue weighted by Crippen LogP contribution is 2.30. The standard InChI is InChI=1S/C22H25N3O5/c1-24-10-4-5-16(21(24)27)22(28)25-11-8-15(9-12-25)13-23-20(26)19-14-29-17-6-2-3-7-18(17)30-19/h2-7,10,15,19H,8-9,11-14H2,1H3,(H,23,26). The lowest BCUT2D eigenvalue weighted by molar-refractivity contribution is -0.130. The zero-order chi connectivity index (χ0) is 21.1. The molecule has 1 saturated heterocycles. The van der Waals surface area contributed by atoms with Crippen molar-refractivity contribution < 1.29 is 19.1 Å². The summed E-state index contributed by atoms with van der Waals surface area (Å²) < 4.78 is 12.7. The lowest BCUT2D eigenvalue weighted by Gasteiger charge is -2.32. The Morgan fingerprint density at radius 3 is 2.60 bits per heavy atom. The molecule has 1 unspecified atom stereocenters. The third kappa shape index (κ3) is 4.17. The Morgan fingerprint density at radius 2 is 1.83 bits per heavy atom. The molecule has 8 heteroatoms. The van der Waals surface area contributed by atoms with Crippen molar-refractivity contribution in [1.29, 1.82) is 0 Å². The molecule has 30 heavy (non-hydrogen) atoms. The van der Waals surface area contributed by atoms with E-state index >= 15 is 0 Å². The molecule has 1 fully saturated rings. The van der Waals surface area contributed by atoms with Crippen molar-refractivity contribution in [3.05, 3.63) is 58.5 Å². The summed E-state index contributed by atoms with van der Waals surface area (Å²) in [5.41, 5.74) is -0.0883. The Morgan fingerprint density at radius 1 is 1.10 bits per heavy atom. The Hall–Kier alpha value is -3.29. The molecule has 0 aliphatic carbocycles. The number of pyridine rings is 1. The number of benzene rings is 1. The predicted molar refractivity (Wildman–Crippen MR) is 110 cm³/mol. The number of hydrogen-bond acceptors (Lipinski definition) is 5. The maximum absolute atomic E-state index is 12.7. The van der Waals surface area contributed by atoms with Gasteiger partial charge in [0.1, 0.15) is 12.2 Å². The van der Waals surface area contributed by atoms with Crippen molar-refractivity contribution in [3.8, 4) is 11.5 Å². The molecule has 2 aliphatic heterocycles. The summed E-state index contributed by atoms with van der Waals surface area (Å²) in [6, 6.07) is 10.6. The molecule has 0 saturated carbocycles. The fraction of sp³-hybridized carbons (Fsp3) is 0.409. The minimum atomic E-state index is -0.670. The summed E-state index contributed by atoms with van der Waals surface area (Å²) in [4.78, 5) is 39.0. The van der Waals surface area contributed by atoms with Gasteiger partial charge in [-0.05, 0) is 43.0 Å². The van der Waals surface area contributed by atoms with E-state index in [1.165, 1.54) is 4.57 Å². The molecule has 1 N–H and O–H groups in total.